The Morgan fingerprint density at radius 3 is 3.00 bits per heavy atom. The van der Waals surface area contributed by atoms with Crippen molar-refractivity contribution in [2.45, 2.75) is 31.7 Å². The Balaban J connectivity index is 1.93. The van der Waals surface area contributed by atoms with Crippen molar-refractivity contribution in [1.82, 2.24) is 10.3 Å². The molecule has 1 fully saturated rings. The molecule has 2 heterocycles. The molecule has 90 valence electrons. The molecule has 2 aromatic rings. The Morgan fingerprint density at radius 1 is 1.41 bits per heavy atom. The maximum Gasteiger partial charge on any atom is 0.200 e. The third-order valence-electron chi connectivity index (χ3n) is 3.39. The monoisotopic (exact) mass is 234 g/mol. The summed E-state index contributed by atoms with van der Waals surface area (Å²) >= 11 is 0. The molecule has 0 radical (unpaired) electrons. The first-order chi connectivity index (χ1) is 8.24. The number of rotatable bonds is 1. The van der Waals surface area contributed by atoms with E-state index in [1.807, 2.05) is 0 Å². The molecule has 4 heteroatoms. The van der Waals surface area contributed by atoms with Gasteiger partial charge < -0.3 is 9.73 Å². The molecule has 1 saturated heterocycles. The van der Waals surface area contributed by atoms with E-state index in [1.165, 1.54) is 6.07 Å². The van der Waals surface area contributed by atoms with Crippen LogP contribution in [-0.2, 0) is 0 Å². The summed E-state index contributed by atoms with van der Waals surface area (Å²) in [6.07, 6.45) is 2.15. The van der Waals surface area contributed by atoms with Crippen LogP contribution in [0.4, 0.5) is 4.39 Å². The van der Waals surface area contributed by atoms with Crippen LogP contribution in [0.2, 0.25) is 0 Å². The number of hydrogen-bond donors (Lipinski definition) is 1. The minimum Gasteiger partial charge on any atom is -0.437 e. The molecule has 0 spiro atoms. The summed E-state index contributed by atoms with van der Waals surface area (Å²) in [5.74, 6) is 0.584. The lowest BCUT2D eigenvalue weighted by molar-refractivity contribution is 0.340. The number of nitrogens with zero attached hydrogens (tertiary/aromatic N) is 1. The summed E-state index contributed by atoms with van der Waals surface area (Å²) in [6.45, 7) is 3.03. The van der Waals surface area contributed by atoms with Gasteiger partial charge in [0.05, 0.1) is 0 Å². The average molecular weight is 234 g/mol. The summed E-state index contributed by atoms with van der Waals surface area (Å²) in [4.78, 5) is 4.38. The Labute approximate surface area is 99.0 Å². The summed E-state index contributed by atoms with van der Waals surface area (Å²) in [5.41, 5.74) is 0.889. The lowest BCUT2D eigenvalue weighted by Crippen LogP contribution is -2.35. The van der Waals surface area contributed by atoms with Gasteiger partial charge in [-0.25, -0.2) is 9.37 Å². The summed E-state index contributed by atoms with van der Waals surface area (Å²) < 4.78 is 19.0. The van der Waals surface area contributed by atoms with E-state index in [9.17, 15) is 4.39 Å². The van der Waals surface area contributed by atoms with Crippen molar-refractivity contribution in [2.24, 2.45) is 0 Å². The highest BCUT2D eigenvalue weighted by atomic mass is 19.1. The normalized spacial score (nSPS) is 25.3. The predicted octanol–water partition coefficient (Wildman–Crippen LogP) is 2.82. The van der Waals surface area contributed by atoms with Crippen LogP contribution in [0.15, 0.2) is 22.6 Å². The lowest BCUT2D eigenvalue weighted by Gasteiger charge is -2.25. The van der Waals surface area contributed by atoms with Crippen LogP contribution in [-0.4, -0.2) is 17.6 Å². The minimum absolute atomic E-state index is 0.262. The standard InChI is InChI=1S/C13H15FN2O/c1-8-5-6-9(7-15-8)13-16-11-4-2-3-10(14)12(11)17-13/h2-4,8-9,15H,5-7H2,1H3/t8-,9-/m1/s1. The molecular weight excluding hydrogens is 219 g/mol. The first kappa shape index (κ1) is 10.7. The zero-order valence-electron chi connectivity index (χ0n) is 9.74. The highest BCUT2D eigenvalue weighted by Gasteiger charge is 2.24. The lowest BCUT2D eigenvalue weighted by atomic mass is 9.95. The van der Waals surface area contributed by atoms with Gasteiger partial charge in [-0.05, 0) is 31.9 Å². The number of para-hydroxylation sites is 1. The van der Waals surface area contributed by atoms with Crippen LogP contribution in [0.5, 0.6) is 0 Å². The smallest absolute Gasteiger partial charge is 0.200 e. The molecule has 0 saturated carbocycles. The van der Waals surface area contributed by atoms with Gasteiger partial charge in [0.2, 0.25) is 0 Å². The Bertz CT molecular complexity index is 529. The largest absolute Gasteiger partial charge is 0.437 e. The van der Waals surface area contributed by atoms with Gasteiger partial charge in [-0.1, -0.05) is 6.07 Å². The van der Waals surface area contributed by atoms with Crippen molar-refractivity contribution < 1.29 is 8.81 Å². The van der Waals surface area contributed by atoms with E-state index in [0.717, 1.165) is 19.4 Å². The molecule has 0 aliphatic carbocycles. The van der Waals surface area contributed by atoms with E-state index in [-0.39, 0.29) is 17.3 Å². The molecular formula is C13H15FN2O. The maximum atomic E-state index is 13.5. The van der Waals surface area contributed by atoms with Crippen LogP contribution < -0.4 is 5.32 Å². The molecule has 3 nitrogen and oxygen atoms in total. The fraction of sp³-hybridized carbons (Fsp3) is 0.462. The van der Waals surface area contributed by atoms with E-state index >= 15 is 0 Å². The second-order valence-corrected chi connectivity index (χ2v) is 4.72. The molecule has 1 aliphatic heterocycles. The van der Waals surface area contributed by atoms with Gasteiger partial charge in [0.25, 0.3) is 0 Å². The molecule has 17 heavy (non-hydrogen) atoms. The van der Waals surface area contributed by atoms with E-state index in [4.69, 9.17) is 4.42 Å². The predicted molar refractivity (Wildman–Crippen MR) is 63.4 cm³/mol. The Hall–Kier alpha value is -1.42. The molecule has 3 rings (SSSR count). The van der Waals surface area contributed by atoms with Gasteiger partial charge in [0.15, 0.2) is 17.3 Å². The zero-order chi connectivity index (χ0) is 11.8. The van der Waals surface area contributed by atoms with Gasteiger partial charge in [-0.3, -0.25) is 0 Å². The molecule has 1 N–H and O–H groups in total. The first-order valence-electron chi connectivity index (χ1n) is 6.02. The summed E-state index contributed by atoms with van der Waals surface area (Å²) in [5, 5.41) is 3.40. The van der Waals surface area contributed by atoms with Crippen molar-refractivity contribution >= 4 is 11.1 Å². The van der Waals surface area contributed by atoms with E-state index in [2.05, 4.69) is 17.2 Å². The molecule has 0 bridgehead atoms. The number of aromatic nitrogens is 1. The highest BCUT2D eigenvalue weighted by molar-refractivity contribution is 5.73. The Kier molecular flexibility index (Phi) is 2.59. The SMILES string of the molecule is C[C@@H]1CC[C@@H](c2nc3cccc(F)c3o2)CN1. The number of fused-ring (bicyclic) bond motifs is 1. The fourth-order valence-corrected chi connectivity index (χ4v) is 2.32. The molecule has 1 aliphatic rings. The second-order valence-electron chi connectivity index (χ2n) is 4.72. The minimum atomic E-state index is -0.335. The van der Waals surface area contributed by atoms with Gasteiger partial charge in [-0.15, -0.1) is 0 Å². The molecule has 1 aromatic heterocycles. The number of halogens is 1. The maximum absolute atomic E-state index is 13.5. The van der Waals surface area contributed by atoms with Gasteiger partial charge in [-0.2, -0.15) is 0 Å². The topological polar surface area (TPSA) is 38.1 Å². The van der Waals surface area contributed by atoms with Crippen LogP contribution in [0.1, 0.15) is 31.6 Å². The number of benzene rings is 1. The number of oxazole rings is 1. The summed E-state index contributed by atoms with van der Waals surface area (Å²) in [7, 11) is 0. The van der Waals surface area contributed by atoms with Crippen LogP contribution in [0, 0.1) is 5.82 Å². The van der Waals surface area contributed by atoms with E-state index < -0.39 is 0 Å². The third kappa shape index (κ3) is 1.93. The highest BCUT2D eigenvalue weighted by Crippen LogP contribution is 2.28. The van der Waals surface area contributed by atoms with Crippen molar-refractivity contribution in [3.63, 3.8) is 0 Å². The fourth-order valence-electron chi connectivity index (χ4n) is 2.32. The number of nitrogens with one attached hydrogen (secondary N) is 1. The Morgan fingerprint density at radius 2 is 2.29 bits per heavy atom. The quantitative estimate of drug-likeness (QED) is 0.824. The molecule has 1 aromatic carbocycles. The number of hydrogen-bond acceptors (Lipinski definition) is 3. The van der Waals surface area contributed by atoms with Gasteiger partial charge >= 0.3 is 0 Å². The first-order valence-corrected chi connectivity index (χ1v) is 6.02. The molecule has 2 atom stereocenters. The van der Waals surface area contributed by atoms with Gasteiger partial charge in [0, 0.05) is 18.5 Å². The van der Waals surface area contributed by atoms with Crippen molar-refractivity contribution in [2.75, 3.05) is 6.54 Å². The van der Waals surface area contributed by atoms with E-state index in [1.54, 1.807) is 12.1 Å². The summed E-state index contributed by atoms with van der Waals surface area (Å²) in [6, 6.07) is 5.39. The van der Waals surface area contributed by atoms with Crippen molar-refractivity contribution in [1.29, 1.82) is 0 Å². The third-order valence-corrected chi connectivity index (χ3v) is 3.39. The molecule has 0 amide bonds. The average Bonchev–Trinajstić information content (AvgIpc) is 2.75. The van der Waals surface area contributed by atoms with Crippen LogP contribution in [0.25, 0.3) is 11.1 Å². The van der Waals surface area contributed by atoms with E-state index in [0.29, 0.717) is 17.4 Å². The van der Waals surface area contributed by atoms with Crippen molar-refractivity contribution in [3.8, 4) is 0 Å². The number of piperidine rings is 1. The van der Waals surface area contributed by atoms with Crippen LogP contribution in [0.3, 0.4) is 0 Å². The van der Waals surface area contributed by atoms with Crippen molar-refractivity contribution in [3.05, 3.63) is 29.9 Å². The van der Waals surface area contributed by atoms with Crippen LogP contribution >= 0.6 is 0 Å². The molecule has 0 unspecified atom stereocenters. The zero-order valence-corrected chi connectivity index (χ0v) is 9.74. The second kappa shape index (κ2) is 4.11. The van der Waals surface area contributed by atoms with Gasteiger partial charge in [0.1, 0.15) is 5.52 Å².